The van der Waals surface area contributed by atoms with Crippen LogP contribution < -0.4 is 0 Å². The molecule has 2 saturated heterocycles. The van der Waals surface area contributed by atoms with Gasteiger partial charge < -0.3 is 10.0 Å². The van der Waals surface area contributed by atoms with Gasteiger partial charge in [-0.3, -0.25) is 9.63 Å². The number of hydroxylamine groups is 2. The molecule has 0 saturated carbocycles. The molecule has 1 N–H and O–H groups in total. The number of hydrogen-bond acceptors (Lipinski definition) is 4. The fourth-order valence-corrected chi connectivity index (χ4v) is 3.11. The van der Waals surface area contributed by atoms with Gasteiger partial charge in [0.05, 0.1) is 13.2 Å². The SMILES string of the molecule is O=C1N(Cc2ccccc2F)CCCC1(O)CN1CCCO1. The molecule has 0 aromatic heterocycles. The van der Waals surface area contributed by atoms with Crippen molar-refractivity contribution in [1.29, 1.82) is 0 Å². The number of nitrogens with zero attached hydrogens (tertiary/aromatic N) is 2. The van der Waals surface area contributed by atoms with Gasteiger partial charge in [-0.05, 0) is 25.3 Å². The molecule has 5 nitrogen and oxygen atoms in total. The molecule has 0 spiro atoms. The molecule has 1 amide bonds. The van der Waals surface area contributed by atoms with Crippen LogP contribution in [-0.2, 0) is 16.2 Å². The van der Waals surface area contributed by atoms with Crippen molar-refractivity contribution in [2.75, 3.05) is 26.2 Å². The summed E-state index contributed by atoms with van der Waals surface area (Å²) in [4.78, 5) is 19.5. The Bertz CT molecular complexity index is 548. The predicted octanol–water partition coefficient (Wildman–Crippen LogP) is 1.32. The Morgan fingerprint density at radius 2 is 2.09 bits per heavy atom. The van der Waals surface area contributed by atoms with E-state index in [0.717, 1.165) is 13.0 Å². The molecule has 2 aliphatic rings. The van der Waals surface area contributed by atoms with Gasteiger partial charge in [-0.15, -0.1) is 0 Å². The zero-order valence-electron chi connectivity index (χ0n) is 12.5. The summed E-state index contributed by atoms with van der Waals surface area (Å²) in [5.41, 5.74) is -0.967. The highest BCUT2D eigenvalue weighted by molar-refractivity contribution is 5.86. The van der Waals surface area contributed by atoms with Crippen LogP contribution in [0.2, 0.25) is 0 Å². The summed E-state index contributed by atoms with van der Waals surface area (Å²) in [7, 11) is 0. The standard InChI is InChI=1S/C16H21FN2O3/c17-14-6-2-1-5-13(14)11-18-8-3-7-16(21,15(18)20)12-19-9-4-10-22-19/h1-2,5-6,21H,3-4,7-12H2. The fourth-order valence-electron chi connectivity index (χ4n) is 3.11. The molecule has 1 unspecified atom stereocenters. The summed E-state index contributed by atoms with van der Waals surface area (Å²) in [5.74, 6) is -0.662. The quantitative estimate of drug-likeness (QED) is 0.911. The van der Waals surface area contributed by atoms with E-state index in [1.54, 1.807) is 23.3 Å². The molecule has 6 heteroatoms. The van der Waals surface area contributed by atoms with Crippen LogP contribution in [0.4, 0.5) is 4.39 Å². The minimum absolute atomic E-state index is 0.180. The van der Waals surface area contributed by atoms with Crippen LogP contribution in [-0.4, -0.2) is 52.8 Å². The predicted molar refractivity (Wildman–Crippen MR) is 78.1 cm³/mol. The summed E-state index contributed by atoms with van der Waals surface area (Å²) in [6, 6.07) is 6.42. The average Bonchev–Trinajstić information content (AvgIpc) is 2.99. The molecule has 22 heavy (non-hydrogen) atoms. The summed E-state index contributed by atoms with van der Waals surface area (Å²) in [6.45, 7) is 2.26. The third-order valence-corrected chi connectivity index (χ3v) is 4.29. The van der Waals surface area contributed by atoms with Crippen LogP contribution in [0.3, 0.4) is 0 Å². The smallest absolute Gasteiger partial charge is 0.256 e. The van der Waals surface area contributed by atoms with E-state index >= 15 is 0 Å². The van der Waals surface area contributed by atoms with Crippen LogP contribution in [0.25, 0.3) is 0 Å². The van der Waals surface area contributed by atoms with Crippen molar-refractivity contribution < 1.29 is 19.1 Å². The highest BCUT2D eigenvalue weighted by Crippen LogP contribution is 2.26. The molecular weight excluding hydrogens is 287 g/mol. The topological polar surface area (TPSA) is 53.0 Å². The highest BCUT2D eigenvalue weighted by Gasteiger charge is 2.44. The van der Waals surface area contributed by atoms with Crippen molar-refractivity contribution >= 4 is 5.91 Å². The third-order valence-electron chi connectivity index (χ3n) is 4.29. The number of rotatable bonds is 4. The second-order valence-electron chi connectivity index (χ2n) is 6.00. The normalized spacial score (nSPS) is 26.6. The highest BCUT2D eigenvalue weighted by atomic mass is 19.1. The number of halogens is 1. The third kappa shape index (κ3) is 3.14. The Kier molecular flexibility index (Phi) is 4.42. The van der Waals surface area contributed by atoms with E-state index in [1.807, 2.05) is 0 Å². The lowest BCUT2D eigenvalue weighted by Crippen LogP contribution is -2.57. The van der Waals surface area contributed by atoms with Gasteiger partial charge in [0, 0.05) is 25.2 Å². The van der Waals surface area contributed by atoms with Gasteiger partial charge in [0.2, 0.25) is 0 Å². The molecule has 2 fully saturated rings. The lowest BCUT2D eigenvalue weighted by Gasteiger charge is -2.39. The maximum absolute atomic E-state index is 13.8. The molecule has 2 aliphatic heterocycles. The van der Waals surface area contributed by atoms with E-state index in [4.69, 9.17) is 4.84 Å². The van der Waals surface area contributed by atoms with E-state index < -0.39 is 5.60 Å². The Balaban J connectivity index is 1.70. The first-order valence-electron chi connectivity index (χ1n) is 7.71. The van der Waals surface area contributed by atoms with Crippen molar-refractivity contribution in [2.24, 2.45) is 0 Å². The van der Waals surface area contributed by atoms with Crippen molar-refractivity contribution in [3.63, 3.8) is 0 Å². The van der Waals surface area contributed by atoms with Crippen LogP contribution in [0.5, 0.6) is 0 Å². The fraction of sp³-hybridized carbons (Fsp3) is 0.562. The number of aliphatic hydroxyl groups is 1. The monoisotopic (exact) mass is 308 g/mol. The van der Waals surface area contributed by atoms with Crippen LogP contribution in [0.1, 0.15) is 24.8 Å². The molecule has 2 heterocycles. The van der Waals surface area contributed by atoms with Crippen molar-refractivity contribution in [3.05, 3.63) is 35.6 Å². The second kappa shape index (κ2) is 6.32. The number of amides is 1. The van der Waals surface area contributed by atoms with Crippen LogP contribution in [0, 0.1) is 5.82 Å². The number of hydrogen-bond donors (Lipinski definition) is 1. The second-order valence-corrected chi connectivity index (χ2v) is 6.00. The van der Waals surface area contributed by atoms with Crippen LogP contribution in [0.15, 0.2) is 24.3 Å². The lowest BCUT2D eigenvalue weighted by molar-refractivity contribution is -0.182. The number of likely N-dealkylation sites (tertiary alicyclic amines) is 1. The van der Waals surface area contributed by atoms with Gasteiger partial charge in [0.15, 0.2) is 5.60 Å². The van der Waals surface area contributed by atoms with Gasteiger partial charge in [-0.1, -0.05) is 18.2 Å². The van der Waals surface area contributed by atoms with Gasteiger partial charge >= 0.3 is 0 Å². The zero-order chi connectivity index (χ0) is 15.6. The molecule has 120 valence electrons. The molecule has 0 bridgehead atoms. The van der Waals surface area contributed by atoms with Crippen molar-refractivity contribution in [1.82, 2.24) is 9.96 Å². The van der Waals surface area contributed by atoms with Crippen LogP contribution >= 0.6 is 0 Å². The number of carbonyl (C=O) groups is 1. The molecule has 3 rings (SSSR count). The molecule has 1 aromatic rings. The average molecular weight is 308 g/mol. The summed E-state index contributed by atoms with van der Waals surface area (Å²) >= 11 is 0. The summed E-state index contributed by atoms with van der Waals surface area (Å²) in [6.07, 6.45) is 2.02. The van der Waals surface area contributed by atoms with Gasteiger partial charge in [0.1, 0.15) is 5.82 Å². The Hall–Kier alpha value is -1.50. The summed E-state index contributed by atoms with van der Waals surface area (Å²) in [5, 5.41) is 12.4. The number of piperidine rings is 1. The van der Waals surface area contributed by atoms with Gasteiger partial charge in [0.25, 0.3) is 5.91 Å². The van der Waals surface area contributed by atoms with E-state index in [-0.39, 0.29) is 24.8 Å². The van der Waals surface area contributed by atoms with E-state index in [2.05, 4.69) is 0 Å². The minimum Gasteiger partial charge on any atom is -0.379 e. The maximum Gasteiger partial charge on any atom is 0.256 e. The Labute approximate surface area is 129 Å². The Morgan fingerprint density at radius 1 is 1.27 bits per heavy atom. The summed E-state index contributed by atoms with van der Waals surface area (Å²) < 4.78 is 13.8. The first-order valence-corrected chi connectivity index (χ1v) is 7.71. The molecule has 1 atom stereocenters. The van der Waals surface area contributed by atoms with Crippen molar-refractivity contribution in [2.45, 2.75) is 31.4 Å². The van der Waals surface area contributed by atoms with E-state index in [9.17, 15) is 14.3 Å². The Morgan fingerprint density at radius 3 is 2.82 bits per heavy atom. The minimum atomic E-state index is -1.44. The zero-order valence-corrected chi connectivity index (χ0v) is 12.5. The first kappa shape index (κ1) is 15.4. The largest absolute Gasteiger partial charge is 0.379 e. The number of benzene rings is 1. The van der Waals surface area contributed by atoms with Gasteiger partial charge in [-0.25, -0.2) is 4.39 Å². The van der Waals surface area contributed by atoms with E-state index in [1.165, 1.54) is 11.0 Å². The molecular formula is C16H21FN2O3. The molecule has 0 aliphatic carbocycles. The van der Waals surface area contributed by atoms with Crippen molar-refractivity contribution in [3.8, 4) is 0 Å². The molecule has 1 aromatic carbocycles. The van der Waals surface area contributed by atoms with E-state index in [0.29, 0.717) is 31.6 Å². The number of carbonyl (C=O) groups excluding carboxylic acids is 1. The number of β-amino-alcohol motifs (C(OH)–C–C–N with tert-alkyl or cyclic N) is 1. The van der Waals surface area contributed by atoms with Gasteiger partial charge in [-0.2, -0.15) is 5.06 Å². The lowest BCUT2D eigenvalue weighted by atomic mass is 9.91. The first-order chi connectivity index (χ1) is 10.6. The molecule has 0 radical (unpaired) electrons. The maximum atomic E-state index is 13.8.